The first-order valence-electron chi connectivity index (χ1n) is 9.02. The Bertz CT molecular complexity index is 962. The predicted molar refractivity (Wildman–Crippen MR) is 103 cm³/mol. The predicted octanol–water partition coefficient (Wildman–Crippen LogP) is 3.07. The number of halogens is 1. The average Bonchev–Trinajstić information content (AvgIpc) is 2.73. The minimum absolute atomic E-state index is 0.165. The van der Waals surface area contributed by atoms with E-state index in [2.05, 4.69) is 5.32 Å². The van der Waals surface area contributed by atoms with Crippen LogP contribution in [0.2, 0.25) is 5.02 Å². The van der Waals surface area contributed by atoms with E-state index in [0.29, 0.717) is 55.1 Å². The lowest BCUT2D eigenvalue weighted by Crippen LogP contribution is -2.30. The number of amides is 1. The van der Waals surface area contributed by atoms with Crippen molar-refractivity contribution in [2.24, 2.45) is 0 Å². The second-order valence-electron chi connectivity index (χ2n) is 6.38. The van der Waals surface area contributed by atoms with E-state index < -0.39 is 18.0 Å². The number of carbonyl (C=O) groups is 2. The van der Waals surface area contributed by atoms with Crippen LogP contribution in [0, 0.1) is 0 Å². The number of hydrogen-bond acceptors (Lipinski definition) is 7. The Morgan fingerprint density at radius 3 is 2.45 bits per heavy atom. The molecule has 0 aromatic heterocycles. The molecule has 0 aliphatic carbocycles. The number of ether oxygens (including phenoxy) is 5. The van der Waals surface area contributed by atoms with E-state index in [1.165, 1.54) is 19.1 Å². The lowest BCUT2D eigenvalue weighted by molar-refractivity contribution is -0.123. The topological polar surface area (TPSA) is 92.3 Å². The first kappa shape index (κ1) is 19.2. The summed E-state index contributed by atoms with van der Waals surface area (Å²) in [7, 11) is 0. The molecule has 152 valence electrons. The number of carbonyl (C=O) groups excluding carboxylic acids is 2. The summed E-state index contributed by atoms with van der Waals surface area (Å²) in [4.78, 5) is 24.9. The van der Waals surface area contributed by atoms with Crippen molar-refractivity contribution in [3.8, 4) is 23.0 Å². The maximum atomic E-state index is 12.4. The van der Waals surface area contributed by atoms with Gasteiger partial charge in [-0.05, 0) is 31.2 Å². The van der Waals surface area contributed by atoms with Crippen molar-refractivity contribution in [2.45, 2.75) is 13.0 Å². The van der Waals surface area contributed by atoms with Crippen LogP contribution in [0.4, 0.5) is 5.69 Å². The summed E-state index contributed by atoms with van der Waals surface area (Å²) in [5.41, 5.74) is 0.669. The Morgan fingerprint density at radius 1 is 0.966 bits per heavy atom. The van der Waals surface area contributed by atoms with Gasteiger partial charge in [-0.15, -0.1) is 0 Å². The zero-order valence-electron chi connectivity index (χ0n) is 15.5. The highest BCUT2D eigenvalue weighted by Gasteiger charge is 2.24. The fourth-order valence-electron chi connectivity index (χ4n) is 2.88. The molecule has 1 amide bonds. The van der Waals surface area contributed by atoms with Crippen LogP contribution in [0.1, 0.15) is 17.3 Å². The summed E-state index contributed by atoms with van der Waals surface area (Å²) in [6.07, 6.45) is -1.04. The van der Waals surface area contributed by atoms with Crippen molar-refractivity contribution in [1.29, 1.82) is 0 Å². The molecule has 2 heterocycles. The molecule has 29 heavy (non-hydrogen) atoms. The van der Waals surface area contributed by atoms with Gasteiger partial charge in [0.2, 0.25) is 0 Å². The molecule has 0 spiro atoms. The van der Waals surface area contributed by atoms with Crippen LogP contribution in [0.5, 0.6) is 23.0 Å². The van der Waals surface area contributed by atoms with E-state index in [4.69, 9.17) is 35.3 Å². The number of nitrogens with one attached hydrogen (secondary N) is 1. The second-order valence-corrected chi connectivity index (χ2v) is 6.78. The molecule has 2 aliphatic heterocycles. The minimum atomic E-state index is -1.04. The van der Waals surface area contributed by atoms with Crippen molar-refractivity contribution in [2.75, 3.05) is 31.7 Å². The number of benzene rings is 2. The summed E-state index contributed by atoms with van der Waals surface area (Å²) >= 11 is 6.14. The van der Waals surface area contributed by atoms with Crippen molar-refractivity contribution in [3.63, 3.8) is 0 Å². The summed E-state index contributed by atoms with van der Waals surface area (Å²) < 4.78 is 27.1. The van der Waals surface area contributed by atoms with Gasteiger partial charge in [0.1, 0.15) is 26.4 Å². The molecule has 2 aliphatic rings. The van der Waals surface area contributed by atoms with Gasteiger partial charge in [0.15, 0.2) is 29.1 Å². The standard InChI is InChI=1S/C20H18ClNO7/c1-11(19(23)22-13-2-3-15-16(10-13)26-5-4-25-15)29-20(24)12-8-14(21)18-17(9-12)27-6-7-28-18/h2-3,8-11H,4-7H2,1H3,(H,22,23). The van der Waals surface area contributed by atoms with Gasteiger partial charge in [-0.2, -0.15) is 0 Å². The molecule has 2 aromatic rings. The molecule has 9 heteroatoms. The molecular formula is C20H18ClNO7. The van der Waals surface area contributed by atoms with Crippen LogP contribution in [-0.2, 0) is 9.53 Å². The molecule has 4 rings (SSSR count). The van der Waals surface area contributed by atoms with Gasteiger partial charge >= 0.3 is 5.97 Å². The maximum Gasteiger partial charge on any atom is 0.339 e. The van der Waals surface area contributed by atoms with Crippen LogP contribution >= 0.6 is 11.6 Å². The highest BCUT2D eigenvalue weighted by molar-refractivity contribution is 6.32. The van der Waals surface area contributed by atoms with E-state index in [1.54, 1.807) is 18.2 Å². The molecule has 8 nitrogen and oxygen atoms in total. The molecule has 2 aromatic carbocycles. The third-order valence-corrected chi connectivity index (χ3v) is 4.58. The first-order valence-corrected chi connectivity index (χ1v) is 9.39. The number of anilines is 1. The largest absolute Gasteiger partial charge is 0.486 e. The first-order chi connectivity index (χ1) is 14.0. The van der Waals surface area contributed by atoms with Crippen LogP contribution in [-0.4, -0.2) is 44.4 Å². The van der Waals surface area contributed by atoms with E-state index >= 15 is 0 Å². The lowest BCUT2D eigenvalue weighted by atomic mass is 10.2. The zero-order valence-corrected chi connectivity index (χ0v) is 16.3. The highest BCUT2D eigenvalue weighted by atomic mass is 35.5. The number of rotatable bonds is 4. The van der Waals surface area contributed by atoms with Crippen LogP contribution in [0.15, 0.2) is 30.3 Å². The van der Waals surface area contributed by atoms with E-state index in [-0.39, 0.29) is 10.6 Å². The van der Waals surface area contributed by atoms with Gasteiger partial charge in [0.25, 0.3) is 5.91 Å². The van der Waals surface area contributed by atoms with E-state index in [1.807, 2.05) is 0 Å². The van der Waals surface area contributed by atoms with Gasteiger partial charge in [-0.3, -0.25) is 4.79 Å². The van der Waals surface area contributed by atoms with Gasteiger partial charge < -0.3 is 29.0 Å². The van der Waals surface area contributed by atoms with Crippen molar-refractivity contribution in [3.05, 3.63) is 40.9 Å². The molecule has 1 atom stereocenters. The lowest BCUT2D eigenvalue weighted by Gasteiger charge is -2.21. The van der Waals surface area contributed by atoms with Gasteiger partial charge in [0, 0.05) is 11.8 Å². The maximum absolute atomic E-state index is 12.4. The zero-order chi connectivity index (χ0) is 20.4. The highest BCUT2D eigenvalue weighted by Crippen LogP contribution is 2.38. The quantitative estimate of drug-likeness (QED) is 0.761. The van der Waals surface area contributed by atoms with E-state index in [0.717, 1.165) is 0 Å². The SMILES string of the molecule is CC(OC(=O)c1cc(Cl)c2c(c1)OCCO2)C(=O)Nc1ccc2c(c1)OCCO2. The van der Waals surface area contributed by atoms with Crippen molar-refractivity contribution in [1.82, 2.24) is 0 Å². The molecule has 0 fully saturated rings. The van der Waals surface area contributed by atoms with Crippen molar-refractivity contribution < 1.29 is 33.3 Å². The smallest absolute Gasteiger partial charge is 0.339 e. The second kappa shape index (κ2) is 8.08. The number of fused-ring (bicyclic) bond motifs is 2. The molecule has 0 saturated heterocycles. The van der Waals surface area contributed by atoms with Gasteiger partial charge in [-0.1, -0.05) is 11.6 Å². The Kier molecular flexibility index (Phi) is 5.35. The van der Waals surface area contributed by atoms with Gasteiger partial charge in [-0.25, -0.2) is 4.79 Å². The number of hydrogen-bond donors (Lipinski definition) is 1. The monoisotopic (exact) mass is 419 g/mol. The molecule has 0 bridgehead atoms. The van der Waals surface area contributed by atoms with Gasteiger partial charge in [0.05, 0.1) is 10.6 Å². The third-order valence-electron chi connectivity index (χ3n) is 4.30. The minimum Gasteiger partial charge on any atom is -0.486 e. The summed E-state index contributed by atoms with van der Waals surface area (Å²) in [5.74, 6) is 0.726. The molecule has 1 N–H and O–H groups in total. The normalized spacial score (nSPS) is 15.2. The summed E-state index contributed by atoms with van der Waals surface area (Å²) in [6, 6.07) is 7.94. The van der Waals surface area contributed by atoms with Crippen LogP contribution in [0.25, 0.3) is 0 Å². The molecule has 0 radical (unpaired) electrons. The fourth-order valence-corrected chi connectivity index (χ4v) is 3.14. The van der Waals surface area contributed by atoms with Crippen molar-refractivity contribution >= 4 is 29.2 Å². The summed E-state index contributed by atoms with van der Waals surface area (Å²) in [5, 5.41) is 2.93. The Balaban J connectivity index is 1.41. The fraction of sp³-hybridized carbons (Fsp3) is 0.300. The molecule has 1 unspecified atom stereocenters. The average molecular weight is 420 g/mol. The summed E-state index contributed by atoms with van der Waals surface area (Å²) in [6.45, 7) is 3.14. The third kappa shape index (κ3) is 4.17. The Hall–Kier alpha value is -3.13. The van der Waals surface area contributed by atoms with Crippen LogP contribution < -0.4 is 24.3 Å². The molecule has 0 saturated carbocycles. The van der Waals surface area contributed by atoms with E-state index in [9.17, 15) is 9.59 Å². The Labute approximate surface area is 171 Å². The Morgan fingerprint density at radius 2 is 1.66 bits per heavy atom. The number of esters is 1. The molecular weight excluding hydrogens is 402 g/mol. The van der Waals surface area contributed by atoms with Crippen LogP contribution in [0.3, 0.4) is 0 Å².